The number of ketones is 2. The summed E-state index contributed by atoms with van der Waals surface area (Å²) in [7, 11) is 1.68. The largest absolute Gasteiger partial charge is 0.490 e. The fourth-order valence-electron chi connectivity index (χ4n) is 7.18. The Morgan fingerprint density at radius 2 is 1.56 bits per heavy atom. The predicted octanol–water partition coefficient (Wildman–Crippen LogP) is 7.86. The fraction of sp³-hybridized carbons (Fsp3) is 0.474. The number of hydrogen-bond acceptors (Lipinski definition) is 6. The number of ether oxygens (including phenoxy) is 3. The summed E-state index contributed by atoms with van der Waals surface area (Å²) < 4.78 is 32.4. The van der Waals surface area contributed by atoms with Crippen LogP contribution < -0.4 is 9.47 Å². The topological polar surface area (TPSA) is 65.1 Å². The van der Waals surface area contributed by atoms with Crippen LogP contribution in [0.4, 0.5) is 4.39 Å². The monoisotopic (exact) mass is 615 g/mol. The Morgan fingerprint density at radius 1 is 0.933 bits per heavy atom. The Kier molecular flexibility index (Phi) is 9.41. The third-order valence-electron chi connectivity index (χ3n) is 9.02. The van der Waals surface area contributed by atoms with Crippen molar-refractivity contribution in [3.05, 3.63) is 94.1 Å². The van der Waals surface area contributed by atoms with Gasteiger partial charge >= 0.3 is 0 Å². The molecule has 0 saturated carbocycles. The molecule has 2 aliphatic carbocycles. The Labute approximate surface area is 266 Å². The van der Waals surface area contributed by atoms with Crippen LogP contribution in [0.25, 0.3) is 0 Å². The molecule has 1 heterocycles. The molecule has 2 aromatic carbocycles. The van der Waals surface area contributed by atoms with Gasteiger partial charge in [0, 0.05) is 66.1 Å². The zero-order valence-electron chi connectivity index (χ0n) is 27.6. The van der Waals surface area contributed by atoms with Crippen LogP contribution in [-0.2, 0) is 27.4 Å². The first-order chi connectivity index (χ1) is 21.4. The van der Waals surface area contributed by atoms with Crippen LogP contribution in [0, 0.1) is 16.6 Å². The van der Waals surface area contributed by atoms with E-state index in [1.165, 1.54) is 6.07 Å². The van der Waals surface area contributed by atoms with E-state index in [1.807, 2.05) is 19.1 Å². The minimum Gasteiger partial charge on any atom is -0.490 e. The van der Waals surface area contributed by atoms with E-state index in [0.29, 0.717) is 67.2 Å². The molecule has 0 saturated heterocycles. The predicted molar refractivity (Wildman–Crippen MR) is 174 cm³/mol. The van der Waals surface area contributed by atoms with Crippen LogP contribution in [0.5, 0.6) is 11.5 Å². The van der Waals surface area contributed by atoms with Gasteiger partial charge in [-0.1, -0.05) is 58.0 Å². The van der Waals surface area contributed by atoms with Gasteiger partial charge < -0.3 is 19.1 Å². The molecule has 2 aromatic rings. The molecule has 1 aliphatic heterocycles. The molecule has 0 aromatic heterocycles. The van der Waals surface area contributed by atoms with Gasteiger partial charge in [0.25, 0.3) is 0 Å². The summed E-state index contributed by atoms with van der Waals surface area (Å²) in [6.45, 7) is 15.9. The minimum absolute atomic E-state index is 0.0276. The molecule has 0 radical (unpaired) electrons. The highest BCUT2D eigenvalue weighted by atomic mass is 19.1. The van der Waals surface area contributed by atoms with Gasteiger partial charge in [-0.15, -0.1) is 6.58 Å². The number of allylic oxidation sites excluding steroid dienone is 5. The quantitative estimate of drug-likeness (QED) is 0.240. The number of hydrogen-bond donors (Lipinski definition) is 0. The summed E-state index contributed by atoms with van der Waals surface area (Å²) in [5.41, 5.74) is 5.01. The Bertz CT molecular complexity index is 1510. The Morgan fingerprint density at radius 3 is 2.11 bits per heavy atom. The van der Waals surface area contributed by atoms with Crippen molar-refractivity contribution in [2.45, 2.75) is 79.2 Å². The van der Waals surface area contributed by atoms with E-state index >= 15 is 0 Å². The zero-order chi connectivity index (χ0) is 32.5. The van der Waals surface area contributed by atoms with Crippen molar-refractivity contribution in [1.29, 1.82) is 0 Å². The van der Waals surface area contributed by atoms with Gasteiger partial charge in [0.05, 0.1) is 13.2 Å². The molecule has 6 nitrogen and oxygen atoms in total. The molecule has 0 spiro atoms. The van der Waals surface area contributed by atoms with Crippen molar-refractivity contribution in [2.75, 3.05) is 26.9 Å². The normalized spacial score (nSPS) is 19.4. The van der Waals surface area contributed by atoms with Crippen molar-refractivity contribution in [3.63, 3.8) is 0 Å². The summed E-state index contributed by atoms with van der Waals surface area (Å²) in [5, 5.41) is 0. The number of nitrogens with zero attached hydrogens (tertiary/aromatic N) is 1. The second kappa shape index (κ2) is 13.0. The molecule has 0 amide bonds. The van der Waals surface area contributed by atoms with Gasteiger partial charge in [0.15, 0.2) is 23.1 Å². The van der Waals surface area contributed by atoms with Crippen LogP contribution in [0.1, 0.15) is 82.9 Å². The lowest BCUT2D eigenvalue weighted by Crippen LogP contribution is -2.45. The van der Waals surface area contributed by atoms with Crippen molar-refractivity contribution in [2.24, 2.45) is 10.8 Å². The lowest BCUT2D eigenvalue weighted by atomic mass is 9.63. The summed E-state index contributed by atoms with van der Waals surface area (Å²) in [5.74, 6) is 0.290. The molecule has 3 aliphatic rings. The molecule has 7 heteroatoms. The second-order valence-electron chi connectivity index (χ2n) is 14.0. The first-order valence-corrected chi connectivity index (χ1v) is 16.0. The maximum Gasteiger partial charge on any atom is 0.165 e. The number of halogens is 1. The molecular formula is C38H46FNO5. The van der Waals surface area contributed by atoms with Crippen molar-refractivity contribution >= 4 is 11.6 Å². The average Bonchev–Trinajstić information content (AvgIpc) is 2.95. The summed E-state index contributed by atoms with van der Waals surface area (Å²) >= 11 is 0. The number of carbonyl (C=O) groups excluding carboxylic acids is 2. The van der Waals surface area contributed by atoms with E-state index in [4.69, 9.17) is 14.2 Å². The highest BCUT2D eigenvalue weighted by Crippen LogP contribution is 2.55. The second-order valence-corrected chi connectivity index (χ2v) is 14.0. The maximum absolute atomic E-state index is 14.5. The Hall–Kier alpha value is -3.71. The van der Waals surface area contributed by atoms with Gasteiger partial charge in [0.2, 0.25) is 0 Å². The molecule has 5 rings (SSSR count). The molecule has 0 bridgehead atoms. The fourth-order valence-corrected chi connectivity index (χ4v) is 7.18. The zero-order valence-corrected chi connectivity index (χ0v) is 27.6. The van der Waals surface area contributed by atoms with Crippen LogP contribution in [-0.4, -0.2) is 43.3 Å². The minimum atomic E-state index is -0.524. The lowest BCUT2D eigenvalue weighted by molar-refractivity contribution is -0.119. The molecule has 0 atom stereocenters. The summed E-state index contributed by atoms with van der Waals surface area (Å²) in [6.07, 6.45) is 4.51. The summed E-state index contributed by atoms with van der Waals surface area (Å²) in [4.78, 5) is 30.6. The average molecular weight is 616 g/mol. The third-order valence-corrected chi connectivity index (χ3v) is 9.02. The van der Waals surface area contributed by atoms with Gasteiger partial charge in [-0.3, -0.25) is 9.59 Å². The smallest absolute Gasteiger partial charge is 0.165 e. The van der Waals surface area contributed by atoms with Crippen molar-refractivity contribution in [3.8, 4) is 11.5 Å². The molecule has 0 fully saturated rings. The van der Waals surface area contributed by atoms with E-state index in [1.54, 1.807) is 31.4 Å². The number of carbonyl (C=O) groups is 2. The first-order valence-electron chi connectivity index (χ1n) is 16.0. The molecule has 0 unspecified atom stereocenters. The maximum atomic E-state index is 14.5. The van der Waals surface area contributed by atoms with E-state index in [2.05, 4.69) is 39.2 Å². The van der Waals surface area contributed by atoms with Crippen molar-refractivity contribution < 1.29 is 28.2 Å². The number of rotatable bonds is 11. The van der Waals surface area contributed by atoms with E-state index < -0.39 is 5.92 Å². The SMILES string of the molecule is C=CCc1cc(C2C3=C(CC(C)(C)CC3=O)N(CCOC)C3=C2C(=O)CC(C)(C)C3)cc(OCC)c1OCc1ccccc1F. The standard InChI is InChI=1S/C38H46FNO5/c1-8-12-24-17-26(18-32(44-9-2)36(24)45-23-25-13-10-11-14-27(25)39)33-34-28(19-37(3,4)21-30(34)41)40(15-16-43-7)29-20-38(5,6)22-31(42)35(29)33/h8,10-11,13-14,17-18,33H,1,9,12,15-16,19-23H2,2-7H3. The highest BCUT2D eigenvalue weighted by molar-refractivity contribution is 6.06. The lowest BCUT2D eigenvalue weighted by Gasteiger charge is -2.49. The van der Waals surface area contributed by atoms with Crippen LogP contribution in [0.15, 0.2) is 71.6 Å². The Balaban J connectivity index is 1.72. The van der Waals surface area contributed by atoms with Crippen LogP contribution >= 0.6 is 0 Å². The van der Waals surface area contributed by atoms with E-state index in [9.17, 15) is 14.0 Å². The number of benzene rings is 2. The van der Waals surface area contributed by atoms with Gasteiger partial charge in [-0.2, -0.15) is 0 Å². The first kappa shape index (κ1) is 32.7. The molecule has 240 valence electrons. The number of methoxy groups -OCH3 is 1. The van der Waals surface area contributed by atoms with Crippen molar-refractivity contribution in [1.82, 2.24) is 4.90 Å². The highest BCUT2D eigenvalue weighted by Gasteiger charge is 2.49. The molecular weight excluding hydrogens is 569 g/mol. The van der Waals surface area contributed by atoms with Gasteiger partial charge in [0.1, 0.15) is 12.4 Å². The van der Waals surface area contributed by atoms with Gasteiger partial charge in [-0.25, -0.2) is 4.39 Å². The molecule has 45 heavy (non-hydrogen) atoms. The van der Waals surface area contributed by atoms with Crippen LogP contribution in [0.2, 0.25) is 0 Å². The van der Waals surface area contributed by atoms with E-state index in [0.717, 1.165) is 35.4 Å². The summed E-state index contributed by atoms with van der Waals surface area (Å²) in [6, 6.07) is 10.5. The number of Topliss-reactive ketones (excluding diaryl/α,β-unsaturated/α-hetero) is 2. The van der Waals surface area contributed by atoms with Crippen LogP contribution in [0.3, 0.4) is 0 Å². The van der Waals surface area contributed by atoms with E-state index in [-0.39, 0.29) is 34.8 Å². The molecule has 0 N–H and O–H groups in total. The third kappa shape index (κ3) is 6.64. The van der Waals surface area contributed by atoms with Gasteiger partial charge in [-0.05, 0) is 54.7 Å².